The lowest BCUT2D eigenvalue weighted by Crippen LogP contribution is -2.45. The highest BCUT2D eigenvalue weighted by molar-refractivity contribution is 6.85. The van der Waals surface area contributed by atoms with Crippen molar-refractivity contribution in [2.45, 2.75) is 71.8 Å². The van der Waals surface area contributed by atoms with Crippen LogP contribution in [0.25, 0.3) is 16.7 Å². The van der Waals surface area contributed by atoms with E-state index in [0.717, 1.165) is 12.8 Å². The molecular weight excluding hydrogens is 424 g/mol. The fourth-order valence-corrected chi connectivity index (χ4v) is 8.38. The minimum atomic E-state index is -0.937. The van der Waals surface area contributed by atoms with E-state index in [-0.39, 0.29) is 10.8 Å². The molecular formula is C33H37Si. The van der Waals surface area contributed by atoms with Crippen molar-refractivity contribution in [2.75, 3.05) is 0 Å². The Balaban J connectivity index is 1.84. The van der Waals surface area contributed by atoms with Crippen molar-refractivity contribution in [3.63, 3.8) is 0 Å². The smallest absolute Gasteiger partial charge is 0.0801 e. The second-order valence-corrected chi connectivity index (χ2v) is 14.4. The van der Waals surface area contributed by atoms with Crippen LogP contribution in [0, 0.1) is 0 Å². The molecule has 0 N–H and O–H groups in total. The lowest BCUT2D eigenvalue weighted by atomic mass is 9.81. The summed E-state index contributed by atoms with van der Waals surface area (Å²) in [7, 11) is -0.937. The summed E-state index contributed by atoms with van der Waals surface area (Å²) < 4.78 is 0. The Bertz CT molecular complexity index is 1310. The number of benzene rings is 3. The quantitative estimate of drug-likeness (QED) is 0.278. The molecule has 0 aromatic heterocycles. The molecule has 0 bridgehead atoms. The Hall–Kier alpha value is -2.64. The molecule has 2 aliphatic rings. The number of allylic oxidation sites excluding steroid dienone is 4. The maximum atomic E-state index is 2.58. The van der Waals surface area contributed by atoms with Gasteiger partial charge in [0, 0.05) is 0 Å². The molecule has 0 aliphatic heterocycles. The Kier molecular flexibility index (Phi) is 5.60. The van der Waals surface area contributed by atoms with Gasteiger partial charge >= 0.3 is 0 Å². The zero-order valence-corrected chi connectivity index (χ0v) is 22.8. The van der Waals surface area contributed by atoms with Crippen LogP contribution in [0.15, 0.2) is 72.8 Å². The summed E-state index contributed by atoms with van der Waals surface area (Å²) >= 11 is 0. The predicted octanol–water partition coefficient (Wildman–Crippen LogP) is 7.43. The lowest BCUT2D eigenvalue weighted by molar-refractivity contribution is 0.585. The van der Waals surface area contributed by atoms with Crippen LogP contribution in [0.4, 0.5) is 0 Å². The van der Waals surface area contributed by atoms with E-state index in [0.29, 0.717) is 0 Å². The van der Waals surface area contributed by atoms with Gasteiger partial charge in [-0.15, -0.1) is 0 Å². The van der Waals surface area contributed by atoms with Crippen molar-refractivity contribution in [1.82, 2.24) is 0 Å². The molecule has 0 unspecified atom stereocenters. The van der Waals surface area contributed by atoms with E-state index in [1.807, 2.05) is 0 Å². The first kappa shape index (κ1) is 23.1. The largest absolute Gasteiger partial charge is 0.119 e. The first-order valence-corrected chi connectivity index (χ1v) is 14.7. The molecule has 0 amide bonds. The topological polar surface area (TPSA) is 0 Å². The summed E-state index contributed by atoms with van der Waals surface area (Å²) in [6.07, 6.45) is 9.04. The molecule has 1 heteroatoms. The normalized spacial score (nSPS) is 15.0. The molecule has 0 saturated carbocycles. The van der Waals surface area contributed by atoms with Crippen molar-refractivity contribution in [1.29, 1.82) is 0 Å². The molecule has 3 aromatic rings. The van der Waals surface area contributed by atoms with E-state index in [4.69, 9.17) is 0 Å². The summed E-state index contributed by atoms with van der Waals surface area (Å²) in [6, 6.07) is 20.8. The number of hydrogen-bond acceptors (Lipinski definition) is 0. The first-order chi connectivity index (χ1) is 16.1. The van der Waals surface area contributed by atoms with Gasteiger partial charge in [-0.1, -0.05) is 126 Å². The zero-order valence-electron chi connectivity index (χ0n) is 21.8. The minimum Gasteiger partial charge on any atom is -0.0801 e. The van der Waals surface area contributed by atoms with E-state index >= 15 is 0 Å². The van der Waals surface area contributed by atoms with Gasteiger partial charge < -0.3 is 0 Å². The Labute approximate surface area is 208 Å². The number of fused-ring (bicyclic) bond motifs is 3. The summed E-state index contributed by atoms with van der Waals surface area (Å²) in [6.45, 7) is 16.7. The average molecular weight is 462 g/mol. The summed E-state index contributed by atoms with van der Waals surface area (Å²) in [5.74, 6) is 0. The summed E-state index contributed by atoms with van der Waals surface area (Å²) in [4.78, 5) is 0. The fourth-order valence-electron chi connectivity index (χ4n) is 5.86. The maximum Gasteiger partial charge on any atom is 0.119 e. The highest BCUT2D eigenvalue weighted by Gasteiger charge is 2.35. The van der Waals surface area contributed by atoms with Crippen molar-refractivity contribution in [2.24, 2.45) is 0 Å². The molecule has 34 heavy (non-hydrogen) atoms. The van der Waals surface area contributed by atoms with Crippen molar-refractivity contribution < 1.29 is 0 Å². The molecule has 0 fully saturated rings. The minimum absolute atomic E-state index is 0.0802. The van der Waals surface area contributed by atoms with Gasteiger partial charge in [0.05, 0.1) is 0 Å². The SMILES string of the molecule is C[Si](c1ccccc1)c1c(C(C)(C)C)cc2c(c1C1=CC=CC1)Cc1c-2cccc1C(C)(C)C. The average Bonchev–Trinajstić information content (AvgIpc) is 3.44. The van der Waals surface area contributed by atoms with E-state index in [1.165, 1.54) is 33.0 Å². The molecule has 0 spiro atoms. The van der Waals surface area contributed by atoms with E-state index < -0.39 is 8.80 Å². The lowest BCUT2D eigenvalue weighted by Gasteiger charge is -2.31. The van der Waals surface area contributed by atoms with Crippen LogP contribution in [0.2, 0.25) is 6.55 Å². The second-order valence-electron chi connectivity index (χ2n) is 12.0. The van der Waals surface area contributed by atoms with Crippen LogP contribution in [0.5, 0.6) is 0 Å². The first-order valence-electron chi connectivity index (χ1n) is 12.7. The standard InChI is InChI=1S/C33H37Si/c1-32(2,3)28-19-13-18-24-25-21-29(33(4,5)6)31(34(7)23-16-9-8-10-17-23)30(22-14-11-12-15-22)27(25)20-26(24)28/h8-14,16-19,21H,15,20H2,1-7H3. The summed E-state index contributed by atoms with van der Waals surface area (Å²) in [5, 5.41) is 3.12. The predicted molar refractivity (Wildman–Crippen MR) is 151 cm³/mol. The third kappa shape index (κ3) is 3.84. The molecule has 0 atom stereocenters. The van der Waals surface area contributed by atoms with Gasteiger partial charge in [-0.3, -0.25) is 0 Å². The van der Waals surface area contributed by atoms with Gasteiger partial charge in [0.25, 0.3) is 0 Å². The highest BCUT2D eigenvalue weighted by Crippen LogP contribution is 2.46. The van der Waals surface area contributed by atoms with Crippen molar-refractivity contribution in [3.05, 3.63) is 101 Å². The Morgan fingerprint density at radius 2 is 1.44 bits per heavy atom. The van der Waals surface area contributed by atoms with Crippen LogP contribution in [-0.2, 0) is 17.3 Å². The molecule has 5 rings (SSSR count). The van der Waals surface area contributed by atoms with Crippen molar-refractivity contribution >= 4 is 24.7 Å². The zero-order chi connectivity index (χ0) is 24.3. The van der Waals surface area contributed by atoms with Crippen LogP contribution >= 0.6 is 0 Å². The van der Waals surface area contributed by atoms with E-state index in [9.17, 15) is 0 Å². The highest BCUT2D eigenvalue weighted by atomic mass is 28.3. The molecule has 2 aliphatic carbocycles. The van der Waals surface area contributed by atoms with E-state index in [1.54, 1.807) is 21.9 Å². The number of hydrogen-bond donors (Lipinski definition) is 0. The number of rotatable bonds is 3. The van der Waals surface area contributed by atoms with Gasteiger partial charge in [-0.25, -0.2) is 0 Å². The molecule has 1 radical (unpaired) electrons. The molecule has 3 aromatic carbocycles. The fraction of sp³-hybridized carbons (Fsp3) is 0.333. The third-order valence-electron chi connectivity index (χ3n) is 7.54. The molecule has 0 heterocycles. The second kappa shape index (κ2) is 8.24. The van der Waals surface area contributed by atoms with Gasteiger partial charge in [-0.2, -0.15) is 0 Å². The van der Waals surface area contributed by atoms with Gasteiger partial charge in [0.15, 0.2) is 0 Å². The van der Waals surface area contributed by atoms with Gasteiger partial charge in [-0.05, 0) is 73.4 Å². The maximum absolute atomic E-state index is 2.58. The van der Waals surface area contributed by atoms with E-state index in [2.05, 4.69) is 121 Å². The molecule has 0 saturated heterocycles. The van der Waals surface area contributed by atoms with Crippen LogP contribution in [0.1, 0.15) is 75.8 Å². The van der Waals surface area contributed by atoms with Gasteiger partial charge in [0.2, 0.25) is 0 Å². The van der Waals surface area contributed by atoms with Crippen LogP contribution < -0.4 is 10.4 Å². The monoisotopic (exact) mass is 461 g/mol. The summed E-state index contributed by atoms with van der Waals surface area (Å²) in [5.41, 5.74) is 12.3. The van der Waals surface area contributed by atoms with Crippen LogP contribution in [0.3, 0.4) is 0 Å². The van der Waals surface area contributed by atoms with Gasteiger partial charge in [0.1, 0.15) is 8.80 Å². The van der Waals surface area contributed by atoms with Crippen LogP contribution in [-0.4, -0.2) is 8.80 Å². The molecule has 0 nitrogen and oxygen atoms in total. The molecule has 173 valence electrons. The third-order valence-corrected chi connectivity index (χ3v) is 10.0. The van der Waals surface area contributed by atoms with Crippen molar-refractivity contribution in [3.8, 4) is 11.1 Å². The Morgan fingerprint density at radius 3 is 2.06 bits per heavy atom. The Morgan fingerprint density at radius 1 is 0.735 bits per heavy atom.